The summed E-state index contributed by atoms with van der Waals surface area (Å²) >= 11 is 0. The van der Waals surface area contributed by atoms with Crippen molar-refractivity contribution < 1.29 is 28.2 Å². The number of aromatic nitrogens is 2. The topological polar surface area (TPSA) is 137 Å². The van der Waals surface area contributed by atoms with Crippen molar-refractivity contribution in [3.05, 3.63) is 88.9 Å². The molecular formula is C36H44FN5O5. The zero-order valence-corrected chi connectivity index (χ0v) is 28.3. The van der Waals surface area contributed by atoms with Crippen LogP contribution < -0.4 is 11.1 Å². The molecule has 1 aliphatic heterocycles. The summed E-state index contributed by atoms with van der Waals surface area (Å²) < 4.78 is 24.7. The summed E-state index contributed by atoms with van der Waals surface area (Å²) in [5.41, 5.74) is 9.10. The Morgan fingerprint density at radius 2 is 1.60 bits per heavy atom. The van der Waals surface area contributed by atoms with Crippen molar-refractivity contribution in [3.63, 3.8) is 0 Å². The number of halogens is 1. The number of nitrogens with one attached hydrogen (secondary N) is 1. The minimum atomic E-state index is -1.23. The van der Waals surface area contributed by atoms with Gasteiger partial charge in [0.2, 0.25) is 12.4 Å². The van der Waals surface area contributed by atoms with Gasteiger partial charge in [-0.25, -0.2) is 19.2 Å². The summed E-state index contributed by atoms with van der Waals surface area (Å²) in [6.07, 6.45) is 0.425. The fourth-order valence-corrected chi connectivity index (χ4v) is 4.58. The molecule has 1 aromatic heterocycles. The second-order valence-corrected chi connectivity index (χ2v) is 12.2. The molecule has 0 aliphatic carbocycles. The second kappa shape index (κ2) is 15.6. The lowest BCUT2D eigenvalue weighted by Gasteiger charge is -2.22. The number of nitrogens with zero attached hydrogens (tertiary/aromatic N) is 3. The van der Waals surface area contributed by atoms with Gasteiger partial charge in [-0.05, 0) is 86.7 Å². The normalized spacial score (nSPS) is 12.2. The predicted molar refractivity (Wildman–Crippen MR) is 181 cm³/mol. The fourth-order valence-electron chi connectivity index (χ4n) is 4.58. The number of carbonyl (C=O) groups is 3. The molecule has 250 valence electrons. The summed E-state index contributed by atoms with van der Waals surface area (Å²) in [5, 5.41) is 2.87. The molecule has 3 N–H and O–H groups in total. The van der Waals surface area contributed by atoms with Gasteiger partial charge in [-0.1, -0.05) is 50.2 Å². The average molecular weight is 646 g/mol. The number of benzene rings is 3. The summed E-state index contributed by atoms with van der Waals surface area (Å²) in [6.45, 7) is 13.8. The highest BCUT2D eigenvalue weighted by atomic mass is 19.1. The van der Waals surface area contributed by atoms with Gasteiger partial charge in [-0.2, -0.15) is 0 Å². The van der Waals surface area contributed by atoms with E-state index in [0.29, 0.717) is 47.1 Å². The lowest BCUT2D eigenvalue weighted by atomic mass is 9.97. The molecule has 0 atom stereocenters. The van der Waals surface area contributed by atoms with Crippen LogP contribution in [0.25, 0.3) is 22.0 Å². The molecule has 11 heteroatoms. The van der Waals surface area contributed by atoms with Gasteiger partial charge in [0, 0.05) is 25.6 Å². The third kappa shape index (κ3) is 9.32. The molecule has 0 fully saturated rings. The number of anilines is 1. The van der Waals surface area contributed by atoms with Crippen molar-refractivity contribution in [2.45, 2.75) is 79.3 Å². The molecule has 0 unspecified atom stereocenters. The maximum atomic E-state index is 14.4. The maximum Gasteiger partial charge on any atom is 0.331 e. The summed E-state index contributed by atoms with van der Waals surface area (Å²) in [4.78, 5) is 47.2. The van der Waals surface area contributed by atoms with E-state index in [1.54, 1.807) is 30.2 Å². The number of esters is 1. The van der Waals surface area contributed by atoms with Gasteiger partial charge >= 0.3 is 5.97 Å². The van der Waals surface area contributed by atoms with Crippen molar-refractivity contribution >= 4 is 35.1 Å². The van der Waals surface area contributed by atoms with Gasteiger partial charge in [-0.15, -0.1) is 0 Å². The molecule has 4 aromatic rings. The van der Waals surface area contributed by atoms with Gasteiger partial charge in [0.05, 0.1) is 11.1 Å². The highest BCUT2D eigenvalue weighted by molar-refractivity contribution is 6.06. The lowest BCUT2D eigenvalue weighted by Crippen LogP contribution is -2.47. The summed E-state index contributed by atoms with van der Waals surface area (Å²) in [6, 6.07) is 17.1. The van der Waals surface area contributed by atoms with Gasteiger partial charge in [-0.3, -0.25) is 9.59 Å². The minimum Gasteiger partial charge on any atom is -0.459 e. The standard InChI is InChI=1S/C29H26FN5O4.C5H12O.C2H6/c1-29(2,32-16-36)27(38)39-15-20-7-9-21(30)12-22(20)17-8-10-24-23(11-17)25(34-28(31)33-24)26(37)35-13-18-5-3-4-6-19(18)14-35;1-5(2,3)6-4;1-2/h3-12,16H,13-15H2,1-2H3,(H,32,36)(H2,31,33,34);1-4H3;1-2H3. The van der Waals surface area contributed by atoms with E-state index in [1.165, 1.54) is 32.0 Å². The first kappa shape index (κ1) is 36.6. The Balaban J connectivity index is 0.000000676. The number of hydrogen-bond acceptors (Lipinski definition) is 8. The number of nitrogens with two attached hydrogens (primary N) is 1. The van der Waals surface area contributed by atoms with E-state index in [9.17, 15) is 18.8 Å². The van der Waals surface area contributed by atoms with E-state index in [2.05, 4.69) is 15.3 Å². The van der Waals surface area contributed by atoms with Crippen molar-refractivity contribution in [1.29, 1.82) is 0 Å². The highest BCUT2D eigenvalue weighted by Crippen LogP contribution is 2.31. The summed E-state index contributed by atoms with van der Waals surface area (Å²) in [5.74, 6) is -1.45. The third-order valence-corrected chi connectivity index (χ3v) is 7.33. The number of amides is 2. The van der Waals surface area contributed by atoms with Crippen molar-refractivity contribution in [2.24, 2.45) is 0 Å². The Bertz CT molecular complexity index is 1710. The molecule has 0 saturated carbocycles. The number of hydrogen-bond donors (Lipinski definition) is 2. The van der Waals surface area contributed by atoms with Crippen LogP contribution in [0.2, 0.25) is 0 Å². The van der Waals surface area contributed by atoms with Crippen molar-refractivity contribution in [3.8, 4) is 11.1 Å². The van der Waals surface area contributed by atoms with Crippen LogP contribution in [0.4, 0.5) is 10.3 Å². The molecule has 10 nitrogen and oxygen atoms in total. The van der Waals surface area contributed by atoms with E-state index >= 15 is 0 Å². The van der Waals surface area contributed by atoms with Crippen LogP contribution in [0.15, 0.2) is 60.7 Å². The molecule has 5 rings (SSSR count). The molecule has 2 heterocycles. The first-order valence-electron chi connectivity index (χ1n) is 15.4. The van der Waals surface area contributed by atoms with Gasteiger partial charge in [0.25, 0.3) is 5.91 Å². The van der Waals surface area contributed by atoms with Crippen LogP contribution >= 0.6 is 0 Å². The lowest BCUT2D eigenvalue weighted by molar-refractivity contribution is -0.152. The smallest absolute Gasteiger partial charge is 0.331 e. The number of fused-ring (bicyclic) bond motifs is 2. The van der Waals surface area contributed by atoms with Gasteiger partial charge < -0.3 is 25.4 Å². The molecular weight excluding hydrogens is 601 g/mol. The SMILES string of the molecule is CC.CC(C)(NC=O)C(=O)OCc1ccc(F)cc1-c1ccc2nc(N)nc(C(=O)N3Cc4ccccc4C3)c2c1.COC(C)(C)C. The number of rotatable bonds is 7. The minimum absolute atomic E-state index is 0.0276. The second-order valence-electron chi connectivity index (χ2n) is 12.2. The van der Waals surface area contributed by atoms with Crippen LogP contribution in [-0.2, 0) is 38.8 Å². The van der Waals surface area contributed by atoms with Crippen LogP contribution in [0.1, 0.15) is 75.6 Å². The van der Waals surface area contributed by atoms with Gasteiger partial charge in [0.1, 0.15) is 23.7 Å². The maximum absolute atomic E-state index is 14.4. The quantitative estimate of drug-likeness (QED) is 0.179. The zero-order chi connectivity index (χ0) is 34.9. The average Bonchev–Trinajstić information content (AvgIpc) is 3.48. The van der Waals surface area contributed by atoms with E-state index < -0.39 is 17.3 Å². The molecule has 0 spiro atoms. The number of carbonyl (C=O) groups excluding carboxylic acids is 3. The monoisotopic (exact) mass is 645 g/mol. The van der Waals surface area contributed by atoms with Crippen LogP contribution in [0.3, 0.4) is 0 Å². The van der Waals surface area contributed by atoms with E-state index in [4.69, 9.17) is 15.2 Å². The Hall–Kier alpha value is -4.90. The molecule has 47 heavy (non-hydrogen) atoms. The van der Waals surface area contributed by atoms with E-state index in [1.807, 2.05) is 58.9 Å². The van der Waals surface area contributed by atoms with Crippen molar-refractivity contribution in [2.75, 3.05) is 12.8 Å². The molecule has 0 bridgehead atoms. The molecule has 2 amide bonds. The highest BCUT2D eigenvalue weighted by Gasteiger charge is 2.29. The Kier molecular flexibility index (Phi) is 12.1. The van der Waals surface area contributed by atoms with Gasteiger partial charge in [0.15, 0.2) is 0 Å². The van der Waals surface area contributed by atoms with E-state index in [-0.39, 0.29) is 29.8 Å². The zero-order valence-electron chi connectivity index (χ0n) is 28.3. The molecule has 1 aliphatic rings. The number of methoxy groups -OCH3 is 1. The Morgan fingerprint density at radius 3 is 2.17 bits per heavy atom. The van der Waals surface area contributed by atoms with Crippen LogP contribution in [0, 0.1) is 5.82 Å². The van der Waals surface area contributed by atoms with Crippen molar-refractivity contribution in [1.82, 2.24) is 20.2 Å². The Morgan fingerprint density at radius 1 is 0.979 bits per heavy atom. The largest absolute Gasteiger partial charge is 0.459 e. The summed E-state index contributed by atoms with van der Waals surface area (Å²) in [7, 11) is 1.71. The third-order valence-electron chi connectivity index (χ3n) is 7.33. The molecule has 3 aromatic carbocycles. The molecule has 0 saturated heterocycles. The fraction of sp³-hybridized carbons (Fsp3) is 0.361. The number of ether oxygens (including phenoxy) is 2. The van der Waals surface area contributed by atoms with Crippen LogP contribution in [0.5, 0.6) is 0 Å². The predicted octanol–water partition coefficient (Wildman–Crippen LogP) is 6.20. The Labute approximate surface area is 275 Å². The first-order chi connectivity index (χ1) is 22.2. The van der Waals surface area contributed by atoms with Crippen LogP contribution in [-0.4, -0.2) is 51.4 Å². The van der Waals surface area contributed by atoms with E-state index in [0.717, 1.165) is 11.1 Å². The molecule has 0 radical (unpaired) electrons. The first-order valence-corrected chi connectivity index (χ1v) is 15.4. The number of nitrogen functional groups attached to an aromatic ring is 1.